The van der Waals surface area contributed by atoms with Gasteiger partial charge in [-0.2, -0.15) is 0 Å². The molecule has 0 spiro atoms. The van der Waals surface area contributed by atoms with E-state index in [0.717, 1.165) is 11.1 Å². The van der Waals surface area contributed by atoms with Crippen molar-refractivity contribution in [2.75, 3.05) is 28.4 Å². The third-order valence-corrected chi connectivity index (χ3v) is 4.76. The lowest BCUT2D eigenvalue weighted by molar-refractivity contribution is 0.0781. The fraction of sp³-hybridized carbons (Fsp3) is 0.208. The molecule has 0 aliphatic rings. The fourth-order valence-electron chi connectivity index (χ4n) is 3.25. The quantitative estimate of drug-likeness (QED) is 0.588. The number of carbonyl (C=O) groups is 1. The van der Waals surface area contributed by atoms with Crippen molar-refractivity contribution in [3.63, 3.8) is 0 Å². The normalized spacial score (nSPS) is 10.3. The molecule has 0 bridgehead atoms. The van der Waals surface area contributed by atoms with E-state index >= 15 is 0 Å². The van der Waals surface area contributed by atoms with Crippen LogP contribution in [-0.4, -0.2) is 39.2 Å². The van der Waals surface area contributed by atoms with Crippen LogP contribution in [0.5, 0.6) is 17.2 Å². The van der Waals surface area contributed by atoms with Gasteiger partial charge in [-0.3, -0.25) is 4.79 Å². The molecule has 0 radical (unpaired) electrons. The molecule has 5 heteroatoms. The first kappa shape index (κ1) is 20.3. The van der Waals surface area contributed by atoms with E-state index in [1.54, 1.807) is 31.2 Å². The van der Waals surface area contributed by atoms with Crippen LogP contribution in [0.3, 0.4) is 0 Å². The van der Waals surface area contributed by atoms with Crippen LogP contribution in [0.15, 0.2) is 66.7 Å². The smallest absolute Gasteiger partial charge is 0.257 e. The summed E-state index contributed by atoms with van der Waals surface area (Å²) in [6.45, 7) is 0.478. The molecule has 3 aromatic carbocycles. The Labute approximate surface area is 171 Å². The lowest BCUT2D eigenvalue weighted by Gasteiger charge is -2.21. The van der Waals surface area contributed by atoms with Gasteiger partial charge in [-0.1, -0.05) is 54.6 Å². The van der Waals surface area contributed by atoms with Crippen molar-refractivity contribution in [3.8, 4) is 28.4 Å². The maximum Gasteiger partial charge on any atom is 0.257 e. The molecule has 0 heterocycles. The van der Waals surface area contributed by atoms with E-state index in [0.29, 0.717) is 29.4 Å². The zero-order valence-corrected chi connectivity index (χ0v) is 17.1. The zero-order valence-electron chi connectivity index (χ0n) is 17.1. The van der Waals surface area contributed by atoms with Gasteiger partial charge in [-0.15, -0.1) is 0 Å². The lowest BCUT2D eigenvalue weighted by atomic mass is 10.0. The van der Waals surface area contributed by atoms with Crippen LogP contribution in [0.4, 0.5) is 0 Å². The van der Waals surface area contributed by atoms with Gasteiger partial charge < -0.3 is 19.1 Å². The molecule has 3 aromatic rings. The Morgan fingerprint density at radius 2 is 1.38 bits per heavy atom. The van der Waals surface area contributed by atoms with Crippen molar-refractivity contribution in [2.45, 2.75) is 6.54 Å². The molecule has 29 heavy (non-hydrogen) atoms. The van der Waals surface area contributed by atoms with E-state index in [1.807, 2.05) is 30.3 Å². The van der Waals surface area contributed by atoms with Gasteiger partial charge >= 0.3 is 0 Å². The predicted molar refractivity (Wildman–Crippen MR) is 114 cm³/mol. The van der Waals surface area contributed by atoms with Crippen molar-refractivity contribution in [2.24, 2.45) is 0 Å². The van der Waals surface area contributed by atoms with Gasteiger partial charge in [-0.25, -0.2) is 0 Å². The SMILES string of the molecule is COc1ccc(C(=O)N(C)Cc2ccc(-c3ccccc3)cc2)c(OC)c1OC. The molecular weight excluding hydrogens is 366 g/mol. The summed E-state index contributed by atoms with van der Waals surface area (Å²) in [5.74, 6) is 1.12. The summed E-state index contributed by atoms with van der Waals surface area (Å²) in [5.41, 5.74) is 3.77. The minimum Gasteiger partial charge on any atom is -0.493 e. The predicted octanol–water partition coefficient (Wildman–Crippen LogP) is 4.65. The number of hydrogen-bond acceptors (Lipinski definition) is 4. The third-order valence-electron chi connectivity index (χ3n) is 4.76. The Hall–Kier alpha value is -3.47. The number of carbonyl (C=O) groups excluding carboxylic acids is 1. The van der Waals surface area contributed by atoms with E-state index in [9.17, 15) is 4.79 Å². The summed E-state index contributed by atoms with van der Waals surface area (Å²) in [5, 5.41) is 0. The van der Waals surface area contributed by atoms with Crippen LogP contribution >= 0.6 is 0 Å². The van der Waals surface area contributed by atoms with Gasteiger partial charge in [-0.05, 0) is 28.8 Å². The number of hydrogen-bond donors (Lipinski definition) is 0. The number of ether oxygens (including phenoxy) is 3. The van der Waals surface area contributed by atoms with Gasteiger partial charge in [0.05, 0.1) is 26.9 Å². The van der Waals surface area contributed by atoms with Gasteiger partial charge in [0, 0.05) is 13.6 Å². The maximum atomic E-state index is 13.0. The molecule has 5 nitrogen and oxygen atoms in total. The summed E-state index contributed by atoms with van der Waals surface area (Å²) in [7, 11) is 6.34. The molecule has 1 amide bonds. The highest BCUT2D eigenvalue weighted by atomic mass is 16.5. The van der Waals surface area contributed by atoms with Crippen LogP contribution in [0.25, 0.3) is 11.1 Å². The molecule has 0 aliphatic carbocycles. The molecule has 0 N–H and O–H groups in total. The summed E-state index contributed by atoms with van der Waals surface area (Å²) >= 11 is 0. The Morgan fingerprint density at radius 1 is 0.759 bits per heavy atom. The lowest BCUT2D eigenvalue weighted by Crippen LogP contribution is -2.26. The number of nitrogens with zero attached hydrogens (tertiary/aromatic N) is 1. The van der Waals surface area contributed by atoms with Crippen LogP contribution in [0.2, 0.25) is 0 Å². The molecule has 0 saturated carbocycles. The Balaban J connectivity index is 1.79. The fourth-order valence-corrected chi connectivity index (χ4v) is 3.25. The number of methoxy groups -OCH3 is 3. The summed E-state index contributed by atoms with van der Waals surface area (Å²) in [6, 6.07) is 21.8. The molecule has 150 valence electrons. The monoisotopic (exact) mass is 391 g/mol. The average Bonchev–Trinajstić information content (AvgIpc) is 2.78. The molecule has 0 saturated heterocycles. The highest BCUT2D eigenvalue weighted by molar-refractivity contribution is 5.98. The van der Waals surface area contributed by atoms with Crippen molar-refractivity contribution in [1.29, 1.82) is 0 Å². The van der Waals surface area contributed by atoms with E-state index < -0.39 is 0 Å². The van der Waals surface area contributed by atoms with E-state index in [1.165, 1.54) is 19.8 Å². The van der Waals surface area contributed by atoms with Crippen LogP contribution in [0, 0.1) is 0 Å². The minimum atomic E-state index is -0.157. The molecule has 3 rings (SSSR count). The van der Waals surface area contributed by atoms with Crippen molar-refractivity contribution < 1.29 is 19.0 Å². The number of amides is 1. The first-order chi connectivity index (χ1) is 14.1. The number of rotatable bonds is 7. The second-order valence-corrected chi connectivity index (χ2v) is 6.61. The van der Waals surface area contributed by atoms with Gasteiger partial charge in [0.2, 0.25) is 5.75 Å². The maximum absolute atomic E-state index is 13.0. The largest absolute Gasteiger partial charge is 0.493 e. The Bertz CT molecular complexity index is 968. The molecule has 0 fully saturated rings. The second kappa shape index (κ2) is 9.15. The van der Waals surface area contributed by atoms with Crippen molar-refractivity contribution in [3.05, 3.63) is 77.9 Å². The first-order valence-electron chi connectivity index (χ1n) is 9.27. The van der Waals surface area contributed by atoms with Crippen LogP contribution < -0.4 is 14.2 Å². The van der Waals surface area contributed by atoms with Gasteiger partial charge in [0.15, 0.2) is 11.5 Å². The van der Waals surface area contributed by atoms with Crippen LogP contribution in [0.1, 0.15) is 15.9 Å². The standard InChI is InChI=1S/C24H25NO4/c1-25(16-17-10-12-19(13-11-17)18-8-6-5-7-9-18)24(26)20-14-15-21(27-2)23(29-4)22(20)28-3/h5-15H,16H2,1-4H3. The molecule has 0 unspecified atom stereocenters. The van der Waals surface area contributed by atoms with Crippen molar-refractivity contribution in [1.82, 2.24) is 4.90 Å². The van der Waals surface area contributed by atoms with E-state index in [4.69, 9.17) is 14.2 Å². The highest BCUT2D eigenvalue weighted by Gasteiger charge is 2.23. The van der Waals surface area contributed by atoms with Crippen molar-refractivity contribution >= 4 is 5.91 Å². The minimum absolute atomic E-state index is 0.157. The summed E-state index contributed by atoms with van der Waals surface area (Å²) in [4.78, 5) is 14.7. The van der Waals surface area contributed by atoms with E-state index in [2.05, 4.69) is 24.3 Å². The topological polar surface area (TPSA) is 48.0 Å². The second-order valence-electron chi connectivity index (χ2n) is 6.61. The van der Waals surface area contributed by atoms with Crippen LogP contribution in [-0.2, 0) is 6.54 Å². The molecular formula is C24H25NO4. The third kappa shape index (κ3) is 4.35. The number of benzene rings is 3. The summed E-state index contributed by atoms with van der Waals surface area (Å²) < 4.78 is 16.1. The molecule has 0 aromatic heterocycles. The van der Waals surface area contributed by atoms with Gasteiger partial charge in [0.25, 0.3) is 5.91 Å². The van der Waals surface area contributed by atoms with Gasteiger partial charge in [0.1, 0.15) is 0 Å². The highest BCUT2D eigenvalue weighted by Crippen LogP contribution is 2.40. The Kier molecular flexibility index (Phi) is 6.39. The zero-order chi connectivity index (χ0) is 20.8. The molecule has 0 atom stereocenters. The average molecular weight is 391 g/mol. The van der Waals surface area contributed by atoms with E-state index in [-0.39, 0.29) is 5.91 Å². The summed E-state index contributed by atoms with van der Waals surface area (Å²) in [6.07, 6.45) is 0. The Morgan fingerprint density at radius 3 is 1.97 bits per heavy atom. The first-order valence-corrected chi connectivity index (χ1v) is 9.27. The molecule has 0 aliphatic heterocycles.